The van der Waals surface area contributed by atoms with Crippen LogP contribution in [0.5, 0.6) is 11.5 Å². The van der Waals surface area contributed by atoms with E-state index in [-0.39, 0.29) is 24.5 Å². The Labute approximate surface area is 204 Å². The van der Waals surface area contributed by atoms with E-state index in [9.17, 15) is 8.78 Å². The molecule has 0 atom stereocenters. The van der Waals surface area contributed by atoms with Crippen LogP contribution in [0.15, 0.2) is 48.6 Å². The maximum Gasteiger partial charge on any atom is 0.201 e. The molecule has 0 saturated heterocycles. The van der Waals surface area contributed by atoms with Gasteiger partial charge in [-0.3, -0.25) is 0 Å². The van der Waals surface area contributed by atoms with Gasteiger partial charge in [0.25, 0.3) is 0 Å². The van der Waals surface area contributed by atoms with Crippen LogP contribution in [0.25, 0.3) is 0 Å². The lowest BCUT2D eigenvalue weighted by molar-refractivity contribution is 0.289. The first kappa shape index (κ1) is 26.2. The lowest BCUT2D eigenvalue weighted by Crippen LogP contribution is -2.13. The van der Waals surface area contributed by atoms with Crippen molar-refractivity contribution in [3.63, 3.8) is 0 Å². The highest BCUT2D eigenvalue weighted by Gasteiger charge is 2.19. The molecule has 0 aliphatic heterocycles. The van der Waals surface area contributed by atoms with Crippen LogP contribution >= 0.6 is 0 Å². The average Bonchev–Trinajstić information content (AvgIpc) is 2.86. The zero-order chi connectivity index (χ0) is 24.2. The van der Waals surface area contributed by atoms with Crippen molar-refractivity contribution in [2.24, 2.45) is 11.8 Å². The molecule has 2 nitrogen and oxygen atoms in total. The van der Waals surface area contributed by atoms with Crippen molar-refractivity contribution >= 4 is 0 Å². The number of aryl methyl sites for hydroxylation is 1. The molecule has 4 heteroatoms. The molecule has 1 saturated carbocycles. The van der Waals surface area contributed by atoms with Gasteiger partial charge in [-0.15, -0.1) is 0 Å². The van der Waals surface area contributed by atoms with Gasteiger partial charge in [-0.25, -0.2) is 4.39 Å². The van der Waals surface area contributed by atoms with Crippen LogP contribution in [-0.4, -0.2) is 6.61 Å². The number of hydrogen-bond donors (Lipinski definition) is 0. The minimum absolute atomic E-state index is 0.0297. The molecule has 3 rings (SSSR count). The summed E-state index contributed by atoms with van der Waals surface area (Å²) in [6, 6.07) is 10.8. The third-order valence-electron chi connectivity index (χ3n) is 6.86. The predicted octanol–water partition coefficient (Wildman–Crippen LogP) is 8.82. The Kier molecular flexibility index (Phi) is 10.9. The Morgan fingerprint density at radius 3 is 2.35 bits per heavy atom. The molecular formula is C30H40F2O2. The molecule has 34 heavy (non-hydrogen) atoms. The summed E-state index contributed by atoms with van der Waals surface area (Å²) in [7, 11) is 0. The number of rotatable bonds is 13. The van der Waals surface area contributed by atoms with Crippen LogP contribution < -0.4 is 9.47 Å². The summed E-state index contributed by atoms with van der Waals surface area (Å²) < 4.78 is 39.0. The topological polar surface area (TPSA) is 18.5 Å². The fourth-order valence-corrected chi connectivity index (χ4v) is 4.75. The van der Waals surface area contributed by atoms with Gasteiger partial charge in [0.2, 0.25) is 5.82 Å². The molecule has 0 N–H and O–H groups in total. The molecule has 0 radical (unpaired) electrons. The lowest BCUT2D eigenvalue weighted by Gasteiger charge is -2.26. The minimum atomic E-state index is -0.966. The van der Waals surface area contributed by atoms with Crippen molar-refractivity contribution < 1.29 is 18.3 Å². The van der Waals surface area contributed by atoms with Gasteiger partial charge in [0.05, 0.1) is 6.61 Å². The fraction of sp³-hybridized carbons (Fsp3) is 0.533. The lowest BCUT2D eigenvalue weighted by atomic mass is 9.79. The highest BCUT2D eigenvalue weighted by atomic mass is 19.2. The Hall–Kier alpha value is -2.36. The van der Waals surface area contributed by atoms with Gasteiger partial charge in [0, 0.05) is 5.56 Å². The largest absolute Gasteiger partial charge is 0.491 e. The second-order valence-electron chi connectivity index (χ2n) is 9.46. The second-order valence-corrected chi connectivity index (χ2v) is 9.46. The third kappa shape index (κ3) is 8.14. The standard InChI is InChI=1S/C30H40F2O2/c1-3-5-6-9-23-12-14-24(15-13-23)10-7-8-11-25-16-19-27(20-17-25)34-22-26-18-21-28(33-4-2)30(32)29(26)31/h7,10,16-21,23-24H,3-6,8-9,11-15,22H2,1-2H3/b10-7+. The summed E-state index contributed by atoms with van der Waals surface area (Å²) in [6.45, 7) is 4.27. The third-order valence-corrected chi connectivity index (χ3v) is 6.86. The molecule has 1 aliphatic carbocycles. The van der Waals surface area contributed by atoms with E-state index in [0.717, 1.165) is 24.7 Å². The summed E-state index contributed by atoms with van der Waals surface area (Å²) in [4.78, 5) is 0. The van der Waals surface area contributed by atoms with Gasteiger partial charge >= 0.3 is 0 Å². The summed E-state index contributed by atoms with van der Waals surface area (Å²) in [5.41, 5.74) is 1.42. The van der Waals surface area contributed by atoms with E-state index < -0.39 is 11.6 Å². The van der Waals surface area contributed by atoms with E-state index in [2.05, 4.69) is 19.1 Å². The average molecular weight is 471 g/mol. The van der Waals surface area contributed by atoms with Gasteiger partial charge in [-0.1, -0.05) is 56.9 Å². The Morgan fingerprint density at radius 2 is 1.65 bits per heavy atom. The van der Waals surface area contributed by atoms with Crippen LogP contribution in [0, 0.1) is 23.5 Å². The first-order chi connectivity index (χ1) is 16.6. The molecule has 0 bridgehead atoms. The number of allylic oxidation sites excluding steroid dienone is 2. The zero-order valence-corrected chi connectivity index (χ0v) is 20.8. The Bertz CT molecular complexity index is 883. The Morgan fingerprint density at radius 1 is 0.882 bits per heavy atom. The molecule has 2 aromatic carbocycles. The van der Waals surface area contributed by atoms with Crippen molar-refractivity contribution in [2.45, 2.75) is 84.7 Å². The molecule has 2 aromatic rings. The number of hydrogen-bond acceptors (Lipinski definition) is 2. The molecule has 0 heterocycles. The zero-order valence-electron chi connectivity index (χ0n) is 20.8. The van der Waals surface area contributed by atoms with Crippen LogP contribution in [0.3, 0.4) is 0 Å². The molecule has 0 amide bonds. The molecule has 0 aromatic heterocycles. The maximum absolute atomic E-state index is 14.2. The van der Waals surface area contributed by atoms with E-state index >= 15 is 0 Å². The first-order valence-electron chi connectivity index (χ1n) is 13.1. The number of benzene rings is 2. The smallest absolute Gasteiger partial charge is 0.201 e. The molecule has 186 valence electrons. The van der Waals surface area contributed by atoms with Crippen LogP contribution in [-0.2, 0) is 13.0 Å². The number of halogens is 2. The maximum atomic E-state index is 14.2. The van der Waals surface area contributed by atoms with E-state index in [0.29, 0.717) is 5.75 Å². The van der Waals surface area contributed by atoms with Gasteiger partial charge in [-0.2, -0.15) is 4.39 Å². The summed E-state index contributed by atoms with van der Waals surface area (Å²) >= 11 is 0. The minimum Gasteiger partial charge on any atom is -0.491 e. The van der Waals surface area contributed by atoms with E-state index in [1.54, 1.807) is 6.92 Å². The molecule has 1 aliphatic rings. The van der Waals surface area contributed by atoms with Crippen molar-refractivity contribution in [2.75, 3.05) is 6.61 Å². The molecular weight excluding hydrogens is 430 g/mol. The van der Waals surface area contributed by atoms with Crippen molar-refractivity contribution in [1.29, 1.82) is 0 Å². The number of unbranched alkanes of at least 4 members (excludes halogenated alkanes) is 2. The molecule has 0 spiro atoms. The SMILES string of the molecule is CCCCCC1CCC(/C=C/CCc2ccc(OCc3ccc(OCC)c(F)c3F)cc2)CC1. The van der Waals surface area contributed by atoms with Crippen molar-refractivity contribution in [1.82, 2.24) is 0 Å². The fourth-order valence-electron chi connectivity index (χ4n) is 4.75. The Balaban J connectivity index is 1.37. The highest BCUT2D eigenvalue weighted by Crippen LogP contribution is 2.32. The number of ether oxygens (including phenoxy) is 2. The predicted molar refractivity (Wildman–Crippen MR) is 135 cm³/mol. The van der Waals surface area contributed by atoms with Crippen molar-refractivity contribution in [3.05, 3.63) is 71.3 Å². The van der Waals surface area contributed by atoms with Gasteiger partial charge in [0.1, 0.15) is 12.4 Å². The molecule has 0 unspecified atom stereocenters. The first-order valence-corrected chi connectivity index (χ1v) is 13.1. The van der Waals surface area contributed by atoms with Crippen LogP contribution in [0.1, 0.15) is 82.8 Å². The van der Waals surface area contributed by atoms with Gasteiger partial charge < -0.3 is 9.47 Å². The second kappa shape index (κ2) is 14.1. The van der Waals surface area contributed by atoms with Crippen molar-refractivity contribution in [3.8, 4) is 11.5 Å². The summed E-state index contributed by atoms with van der Waals surface area (Å²) in [5, 5.41) is 0. The normalized spacial score (nSPS) is 18.4. The van der Waals surface area contributed by atoms with Gasteiger partial charge in [0.15, 0.2) is 11.6 Å². The van der Waals surface area contributed by atoms with E-state index in [4.69, 9.17) is 9.47 Å². The quantitative estimate of drug-likeness (QED) is 0.215. The van der Waals surface area contributed by atoms with Gasteiger partial charge in [-0.05, 0) is 87.1 Å². The monoisotopic (exact) mass is 470 g/mol. The molecule has 1 fully saturated rings. The van der Waals surface area contributed by atoms with Crippen LogP contribution in [0.4, 0.5) is 8.78 Å². The summed E-state index contributed by atoms with van der Waals surface area (Å²) in [6.07, 6.45) is 17.8. The van der Waals surface area contributed by atoms with Crippen LogP contribution in [0.2, 0.25) is 0 Å². The van der Waals surface area contributed by atoms with E-state index in [1.807, 2.05) is 24.3 Å². The highest BCUT2D eigenvalue weighted by molar-refractivity contribution is 5.32. The van der Waals surface area contributed by atoms with E-state index in [1.165, 1.54) is 69.1 Å². The summed E-state index contributed by atoms with van der Waals surface area (Å²) in [5.74, 6) is 0.402.